The Balaban J connectivity index is 0.000000234. The molecule has 1 aliphatic rings. The number of aryl methyl sites for hydroxylation is 3. The highest BCUT2D eigenvalue weighted by molar-refractivity contribution is 6.91. The summed E-state index contributed by atoms with van der Waals surface area (Å²) in [7, 11) is -3.98. The van der Waals surface area contributed by atoms with Gasteiger partial charge >= 0.3 is 0 Å². The fourth-order valence-corrected chi connectivity index (χ4v) is 19.4. The molecule has 1 fully saturated rings. The molecule has 12 aromatic carbocycles. The topological polar surface area (TPSA) is 13.0 Å². The first kappa shape index (κ1) is 77.9. The Bertz CT molecular complexity index is 4120. The predicted molar refractivity (Wildman–Crippen MR) is 467 cm³/mol. The first-order valence-electron chi connectivity index (χ1n) is 37.4. The molecule has 0 saturated heterocycles. The van der Waals surface area contributed by atoms with Gasteiger partial charge in [-0.05, 0) is 194 Å². The zero-order valence-electron chi connectivity index (χ0n) is 64.7. The summed E-state index contributed by atoms with van der Waals surface area (Å²) in [4.78, 5) is 9.29. The maximum atomic E-state index is 2.55. The van der Waals surface area contributed by atoms with Crippen LogP contribution in [0, 0.1) is 20.8 Å². The van der Waals surface area contributed by atoms with Gasteiger partial charge in [-0.3, -0.25) is 0 Å². The van der Waals surface area contributed by atoms with Crippen LogP contribution in [0.3, 0.4) is 0 Å². The van der Waals surface area contributed by atoms with E-state index in [1.165, 1.54) is 54.0 Å². The number of anilines is 12. The van der Waals surface area contributed by atoms with E-state index < -0.39 is 32.3 Å². The lowest BCUT2D eigenvalue weighted by Crippen LogP contribution is -2.46. The fraction of sp³-hybridized carbons (Fsp3) is 0.242. The third-order valence-corrected chi connectivity index (χ3v) is 30.9. The Labute approximate surface area is 625 Å². The Morgan fingerprint density at radius 1 is 0.252 bits per heavy atom. The zero-order valence-corrected chi connectivity index (χ0v) is 68.7. The Morgan fingerprint density at radius 3 is 0.718 bits per heavy atom. The molecule has 0 radical (unpaired) electrons. The van der Waals surface area contributed by atoms with E-state index in [4.69, 9.17) is 0 Å². The van der Waals surface area contributed by atoms with Crippen LogP contribution in [0.1, 0.15) is 62.6 Å². The maximum absolute atomic E-state index is 2.55. The van der Waals surface area contributed by atoms with E-state index >= 15 is 0 Å². The third kappa shape index (κ3) is 22.4. The Hall–Kier alpha value is -9.29. The summed E-state index contributed by atoms with van der Waals surface area (Å²) >= 11 is 0. The highest BCUT2D eigenvalue weighted by atomic mass is 28.3. The van der Waals surface area contributed by atoms with Crippen LogP contribution in [0.4, 0.5) is 68.2 Å². The van der Waals surface area contributed by atoms with Gasteiger partial charge in [-0.2, -0.15) is 0 Å². The molecule has 8 heteroatoms. The average molecular weight is 1420 g/mol. The first-order chi connectivity index (χ1) is 49.3. The number of hydrogen-bond acceptors (Lipinski definition) is 4. The second-order valence-corrected chi connectivity index (χ2v) is 52.8. The molecular weight excluding hydrogens is 1310 g/mol. The molecule has 1 aliphatic carbocycles. The summed E-state index contributed by atoms with van der Waals surface area (Å²) in [6.45, 7) is 37.5. The minimum atomic E-state index is -1.18. The van der Waals surface area contributed by atoms with Crippen molar-refractivity contribution in [3.8, 4) is 0 Å². The minimum absolute atomic E-state index is 0.611. The van der Waals surface area contributed by atoms with Crippen LogP contribution < -0.4 is 35.2 Å². The molecule has 0 N–H and O–H groups in total. The average Bonchev–Trinajstić information content (AvgIpc) is 0.787. The molecule has 4 nitrogen and oxygen atoms in total. The fourth-order valence-electron chi connectivity index (χ4n) is 13.1. The molecular formula is C95H114N4Si4. The maximum Gasteiger partial charge on any atom is 0.0836 e. The van der Waals surface area contributed by atoms with E-state index in [1.807, 2.05) is 0 Å². The van der Waals surface area contributed by atoms with Crippen molar-refractivity contribution in [2.75, 3.05) is 19.6 Å². The van der Waals surface area contributed by atoms with Gasteiger partial charge in [0, 0.05) is 76.3 Å². The van der Waals surface area contributed by atoms with Crippen molar-refractivity contribution >= 4 is 116 Å². The summed E-state index contributed by atoms with van der Waals surface area (Å²) in [5.74, 6) is 0. The number of benzene rings is 12. The summed E-state index contributed by atoms with van der Waals surface area (Å²) in [5, 5.41) is 4.76. The van der Waals surface area contributed by atoms with E-state index in [1.54, 1.807) is 10.4 Å². The molecule has 0 atom stereocenters. The van der Waals surface area contributed by atoms with Crippen molar-refractivity contribution in [2.45, 2.75) is 150 Å². The molecule has 530 valence electrons. The summed E-state index contributed by atoms with van der Waals surface area (Å²) < 4.78 is 0. The zero-order chi connectivity index (χ0) is 73.6. The van der Waals surface area contributed by atoms with E-state index in [0.29, 0.717) is 0 Å². The molecule has 0 bridgehead atoms. The lowest BCUT2D eigenvalue weighted by molar-refractivity contribution is 0.494. The highest BCUT2D eigenvalue weighted by Gasteiger charge is 2.34. The third-order valence-electron chi connectivity index (χ3n) is 19.7. The molecule has 1 saturated carbocycles. The summed E-state index contributed by atoms with van der Waals surface area (Å²) in [6, 6.07) is 117. The monoisotopic (exact) mass is 1420 g/mol. The smallest absolute Gasteiger partial charge is 0.0836 e. The molecule has 13 rings (SSSR count). The van der Waals surface area contributed by atoms with Crippen molar-refractivity contribution in [3.05, 3.63) is 344 Å². The largest absolute Gasteiger partial charge is 0.310 e. The van der Waals surface area contributed by atoms with Gasteiger partial charge in [0.05, 0.1) is 24.2 Å². The van der Waals surface area contributed by atoms with Gasteiger partial charge in [-0.15, -0.1) is 0 Å². The van der Waals surface area contributed by atoms with E-state index in [2.05, 4.69) is 454 Å². The molecule has 12 aromatic rings. The Morgan fingerprint density at radius 2 is 0.476 bits per heavy atom. The second kappa shape index (κ2) is 36.7. The molecule has 103 heavy (non-hydrogen) atoms. The van der Waals surface area contributed by atoms with E-state index in [-0.39, 0.29) is 0 Å². The highest BCUT2D eigenvalue weighted by Crippen LogP contribution is 2.44. The first-order valence-corrected chi connectivity index (χ1v) is 51.0. The van der Waals surface area contributed by atoms with Gasteiger partial charge in [0.2, 0.25) is 0 Å². The number of nitrogens with zero attached hydrogens (tertiary/aromatic N) is 4. The molecule has 0 aromatic heterocycles. The molecule has 0 aliphatic heterocycles. The van der Waals surface area contributed by atoms with Crippen molar-refractivity contribution in [1.29, 1.82) is 0 Å². The number of hydrogen-bond donors (Lipinski definition) is 0. The Kier molecular flexibility index (Phi) is 27.8. The van der Waals surface area contributed by atoms with Crippen molar-refractivity contribution < 1.29 is 0 Å². The molecule has 0 amide bonds. The van der Waals surface area contributed by atoms with Gasteiger partial charge in [0.15, 0.2) is 0 Å². The van der Waals surface area contributed by atoms with E-state index in [0.717, 1.165) is 79.3 Å². The van der Waals surface area contributed by atoms with E-state index in [9.17, 15) is 0 Å². The predicted octanol–water partition coefficient (Wildman–Crippen LogP) is 27.6. The van der Waals surface area contributed by atoms with Crippen LogP contribution in [-0.2, 0) is 0 Å². The van der Waals surface area contributed by atoms with Crippen LogP contribution in [0.25, 0.3) is 0 Å². The van der Waals surface area contributed by atoms with Crippen LogP contribution in [0.5, 0.6) is 0 Å². The summed E-state index contributed by atoms with van der Waals surface area (Å²) in [6.07, 6.45) is 7.36. The lowest BCUT2D eigenvalue weighted by Gasteiger charge is -2.35. The normalized spacial score (nSPS) is 12.3. The molecule has 0 unspecified atom stereocenters. The van der Waals surface area contributed by atoms with Crippen molar-refractivity contribution in [1.82, 2.24) is 0 Å². The number of rotatable bonds is 17. The number of para-hydroxylation sites is 3. The second-order valence-electron chi connectivity index (χ2n) is 31.7. The molecule has 0 spiro atoms. The van der Waals surface area contributed by atoms with Crippen molar-refractivity contribution in [3.63, 3.8) is 0 Å². The van der Waals surface area contributed by atoms with Crippen LogP contribution >= 0.6 is 0 Å². The lowest BCUT2D eigenvalue weighted by atomic mass is 10.0. The minimum Gasteiger partial charge on any atom is -0.310 e. The standard InChI is InChI=1S/C57H48N4.C14H22Si.C11H18Si.C9H14Si.C4H12Si/c1-43-16-13-25-55(40-43)59(46-19-7-4-8-20-46)52-34-28-49(29-35-52)58(50-30-36-53(37-31-50)60(47-21-9-5-10-22-47)56-26-14-17-44(2)41-56)51-32-38-54(39-33-51)61(48-23-11-6-12-24-48)57-27-15-18-45(3)42-57;1-15(2,13-9-5-3-6-10-13)14-11-7-4-8-12-14;1-10(2)12(3,4)11-8-6-5-7-9-11;1-10(2,3)9-7-5-4-6-8-9;1-5(2,3)4/h4-42H,1-3H3;3,5-6,9-10,14H,4,7-8,11-12H2,1-2H3;5-10H,1-4H3;4-8H,1-3H3;1-4H3. The van der Waals surface area contributed by atoms with Gasteiger partial charge in [0.25, 0.3) is 0 Å². The van der Waals surface area contributed by atoms with Gasteiger partial charge in [0.1, 0.15) is 0 Å². The van der Waals surface area contributed by atoms with Crippen LogP contribution in [-0.4, -0.2) is 32.3 Å². The van der Waals surface area contributed by atoms with Crippen molar-refractivity contribution in [2.24, 2.45) is 0 Å². The van der Waals surface area contributed by atoms with Crippen LogP contribution in [0.2, 0.25) is 83.1 Å². The SMILES string of the molecule is CC(C)[Si](C)(C)c1ccccc1.C[Si](C)(C)C.C[Si](C)(C)c1ccccc1.C[Si](C)(c1ccccc1)C1CCCCC1.Cc1cccc(N(c2ccccc2)c2ccc(N(c3ccc(N(c4ccccc4)c4cccc(C)c4)cc3)c3ccc(N(c4ccccc4)c4cccc(C)c4)cc3)cc2)c1. The van der Waals surface area contributed by atoms with Gasteiger partial charge in [-0.1, -0.05) is 316 Å². The van der Waals surface area contributed by atoms with Crippen LogP contribution in [0.15, 0.2) is 328 Å². The summed E-state index contributed by atoms with van der Waals surface area (Å²) in [5.41, 5.74) is 18.6. The molecule has 0 heterocycles. The van der Waals surface area contributed by atoms with Gasteiger partial charge < -0.3 is 19.6 Å². The quantitative estimate of drug-likeness (QED) is 0.0843. The van der Waals surface area contributed by atoms with Gasteiger partial charge in [-0.25, -0.2) is 0 Å².